The van der Waals surface area contributed by atoms with Crippen molar-refractivity contribution >= 4 is 0 Å². The Labute approximate surface area is 78.1 Å². The smallest absolute Gasteiger partial charge is 0.0118 e. The molecule has 0 heteroatoms. The Kier molecular flexibility index (Phi) is 4.59. The largest absolute Gasteiger partial charge is 0.0851 e. The molecule has 2 atom stereocenters. The molecule has 0 bridgehead atoms. The van der Waals surface area contributed by atoms with Crippen LogP contribution in [0.25, 0.3) is 0 Å². The number of allylic oxidation sites excluding steroid dienone is 2. The molecule has 12 heavy (non-hydrogen) atoms. The van der Waals surface area contributed by atoms with E-state index in [1.807, 2.05) is 13.8 Å². The van der Waals surface area contributed by atoms with E-state index in [1.165, 1.54) is 6.42 Å². The SMILES string of the molecule is CC.CC1C=CC(C)(C(C)C)C1. The molecule has 2 unspecified atom stereocenters. The third kappa shape index (κ3) is 2.66. The van der Waals surface area contributed by atoms with Crippen molar-refractivity contribution in [1.82, 2.24) is 0 Å². The summed E-state index contributed by atoms with van der Waals surface area (Å²) in [5.74, 6) is 1.58. The van der Waals surface area contributed by atoms with Gasteiger partial charge in [-0.2, -0.15) is 0 Å². The third-order valence-corrected chi connectivity index (χ3v) is 2.89. The second kappa shape index (κ2) is 4.69. The van der Waals surface area contributed by atoms with Crippen molar-refractivity contribution in [3.05, 3.63) is 12.2 Å². The maximum Gasteiger partial charge on any atom is -0.0118 e. The summed E-state index contributed by atoms with van der Waals surface area (Å²) in [6.07, 6.45) is 6.08. The van der Waals surface area contributed by atoms with Gasteiger partial charge in [-0.05, 0) is 23.7 Å². The molecule has 0 aromatic carbocycles. The lowest BCUT2D eigenvalue weighted by atomic mass is 9.78. The molecule has 0 fully saturated rings. The van der Waals surface area contributed by atoms with Crippen LogP contribution in [0.5, 0.6) is 0 Å². The van der Waals surface area contributed by atoms with Crippen LogP contribution in [0.3, 0.4) is 0 Å². The number of hydrogen-bond donors (Lipinski definition) is 0. The van der Waals surface area contributed by atoms with E-state index in [0.717, 1.165) is 11.8 Å². The lowest BCUT2D eigenvalue weighted by molar-refractivity contribution is 0.273. The molecular weight excluding hydrogens is 144 g/mol. The predicted octanol–water partition coefficient (Wildman–Crippen LogP) is 4.27. The summed E-state index contributed by atoms with van der Waals surface area (Å²) in [6, 6.07) is 0. The second-order valence-electron chi connectivity index (χ2n) is 4.20. The van der Waals surface area contributed by atoms with E-state index in [0.29, 0.717) is 5.41 Å². The first-order valence-electron chi connectivity index (χ1n) is 5.24. The molecule has 0 N–H and O–H groups in total. The number of hydrogen-bond acceptors (Lipinski definition) is 0. The Morgan fingerprint density at radius 3 is 2.00 bits per heavy atom. The van der Waals surface area contributed by atoms with Crippen LogP contribution < -0.4 is 0 Å². The first-order valence-corrected chi connectivity index (χ1v) is 5.24. The molecule has 0 aliphatic heterocycles. The number of rotatable bonds is 1. The molecule has 0 radical (unpaired) electrons. The van der Waals surface area contributed by atoms with Gasteiger partial charge in [0, 0.05) is 0 Å². The standard InChI is InChI=1S/C10H18.C2H6/c1-8(2)10(4)6-5-9(3)7-10;1-2/h5-6,8-9H,7H2,1-4H3;1-2H3. The van der Waals surface area contributed by atoms with E-state index in [-0.39, 0.29) is 0 Å². The van der Waals surface area contributed by atoms with Gasteiger partial charge in [0.1, 0.15) is 0 Å². The van der Waals surface area contributed by atoms with Crippen molar-refractivity contribution in [2.75, 3.05) is 0 Å². The van der Waals surface area contributed by atoms with Gasteiger partial charge in [-0.3, -0.25) is 0 Å². The van der Waals surface area contributed by atoms with Crippen LogP contribution in [0, 0.1) is 17.3 Å². The highest BCUT2D eigenvalue weighted by Gasteiger charge is 2.30. The molecule has 0 saturated carbocycles. The fourth-order valence-corrected chi connectivity index (χ4v) is 1.64. The zero-order chi connectivity index (χ0) is 9.78. The molecule has 0 nitrogen and oxygen atoms in total. The summed E-state index contributed by atoms with van der Waals surface area (Å²) >= 11 is 0. The predicted molar refractivity (Wildman–Crippen MR) is 57.2 cm³/mol. The average Bonchev–Trinajstić information content (AvgIpc) is 2.37. The molecule has 1 aliphatic rings. The highest BCUT2D eigenvalue weighted by Crippen LogP contribution is 2.40. The molecular formula is C12H24. The fraction of sp³-hybridized carbons (Fsp3) is 0.833. The first-order chi connectivity index (χ1) is 5.54. The lowest BCUT2D eigenvalue weighted by Gasteiger charge is -2.27. The molecule has 0 spiro atoms. The van der Waals surface area contributed by atoms with E-state index < -0.39 is 0 Å². The van der Waals surface area contributed by atoms with Crippen molar-refractivity contribution in [3.63, 3.8) is 0 Å². The second-order valence-corrected chi connectivity index (χ2v) is 4.20. The molecule has 0 aromatic rings. The normalized spacial score (nSPS) is 33.4. The van der Waals surface area contributed by atoms with Crippen LogP contribution in [-0.4, -0.2) is 0 Å². The Morgan fingerprint density at radius 2 is 1.83 bits per heavy atom. The van der Waals surface area contributed by atoms with E-state index in [4.69, 9.17) is 0 Å². The van der Waals surface area contributed by atoms with Crippen LogP contribution in [0.15, 0.2) is 12.2 Å². The van der Waals surface area contributed by atoms with Crippen LogP contribution in [0.1, 0.15) is 48.0 Å². The summed E-state index contributed by atoms with van der Waals surface area (Å²) in [6.45, 7) is 13.3. The van der Waals surface area contributed by atoms with Crippen molar-refractivity contribution in [2.45, 2.75) is 48.0 Å². The minimum atomic E-state index is 0.486. The van der Waals surface area contributed by atoms with Crippen LogP contribution >= 0.6 is 0 Å². The Morgan fingerprint density at radius 1 is 1.33 bits per heavy atom. The Hall–Kier alpha value is -0.260. The zero-order valence-electron chi connectivity index (χ0n) is 9.52. The quantitative estimate of drug-likeness (QED) is 0.513. The summed E-state index contributed by atoms with van der Waals surface area (Å²) < 4.78 is 0. The van der Waals surface area contributed by atoms with Crippen molar-refractivity contribution in [3.8, 4) is 0 Å². The first kappa shape index (κ1) is 11.7. The minimum absolute atomic E-state index is 0.486. The van der Waals surface area contributed by atoms with Crippen LogP contribution in [0.4, 0.5) is 0 Å². The minimum Gasteiger partial charge on any atom is -0.0851 e. The van der Waals surface area contributed by atoms with Gasteiger partial charge in [0.15, 0.2) is 0 Å². The maximum atomic E-state index is 2.39. The maximum absolute atomic E-state index is 2.39. The third-order valence-electron chi connectivity index (χ3n) is 2.89. The molecule has 0 saturated heterocycles. The molecule has 0 amide bonds. The Balaban J connectivity index is 0.000000561. The van der Waals surface area contributed by atoms with Gasteiger partial charge in [0.05, 0.1) is 0 Å². The monoisotopic (exact) mass is 168 g/mol. The summed E-state index contributed by atoms with van der Waals surface area (Å²) in [5.41, 5.74) is 0.486. The van der Waals surface area contributed by atoms with Gasteiger partial charge < -0.3 is 0 Å². The van der Waals surface area contributed by atoms with E-state index in [2.05, 4.69) is 39.8 Å². The highest BCUT2D eigenvalue weighted by atomic mass is 14.3. The van der Waals surface area contributed by atoms with Crippen molar-refractivity contribution in [1.29, 1.82) is 0 Å². The van der Waals surface area contributed by atoms with Gasteiger partial charge in [-0.1, -0.05) is 53.7 Å². The van der Waals surface area contributed by atoms with Gasteiger partial charge in [0.25, 0.3) is 0 Å². The topological polar surface area (TPSA) is 0 Å². The summed E-state index contributed by atoms with van der Waals surface area (Å²) in [4.78, 5) is 0. The average molecular weight is 168 g/mol. The van der Waals surface area contributed by atoms with Crippen molar-refractivity contribution in [2.24, 2.45) is 17.3 Å². The van der Waals surface area contributed by atoms with Gasteiger partial charge in [-0.15, -0.1) is 0 Å². The zero-order valence-corrected chi connectivity index (χ0v) is 9.52. The van der Waals surface area contributed by atoms with E-state index >= 15 is 0 Å². The fourth-order valence-electron chi connectivity index (χ4n) is 1.64. The van der Waals surface area contributed by atoms with E-state index in [9.17, 15) is 0 Å². The van der Waals surface area contributed by atoms with Crippen molar-refractivity contribution < 1.29 is 0 Å². The highest BCUT2D eigenvalue weighted by molar-refractivity contribution is 5.08. The summed E-state index contributed by atoms with van der Waals surface area (Å²) in [5, 5.41) is 0. The van der Waals surface area contributed by atoms with Gasteiger partial charge >= 0.3 is 0 Å². The van der Waals surface area contributed by atoms with Gasteiger partial charge in [0.2, 0.25) is 0 Å². The lowest BCUT2D eigenvalue weighted by Crippen LogP contribution is -2.18. The molecule has 0 heterocycles. The van der Waals surface area contributed by atoms with Crippen LogP contribution in [-0.2, 0) is 0 Å². The molecule has 72 valence electrons. The van der Waals surface area contributed by atoms with Crippen LogP contribution in [0.2, 0.25) is 0 Å². The Bertz CT molecular complexity index is 144. The molecule has 0 aromatic heterocycles. The molecule has 1 aliphatic carbocycles. The molecule has 1 rings (SSSR count). The summed E-state index contributed by atoms with van der Waals surface area (Å²) in [7, 11) is 0. The van der Waals surface area contributed by atoms with E-state index in [1.54, 1.807) is 0 Å². The van der Waals surface area contributed by atoms with Gasteiger partial charge in [-0.25, -0.2) is 0 Å².